The summed E-state index contributed by atoms with van der Waals surface area (Å²) in [5.41, 5.74) is 0.978. The fourth-order valence-corrected chi connectivity index (χ4v) is 2.73. The zero-order valence-electron chi connectivity index (χ0n) is 11.1. The van der Waals surface area contributed by atoms with Crippen LogP contribution in [-0.4, -0.2) is 32.1 Å². The van der Waals surface area contributed by atoms with E-state index in [1.54, 1.807) is 12.1 Å². The minimum atomic E-state index is -3.66. The predicted octanol–water partition coefficient (Wildman–Crippen LogP) is 1.60. The van der Waals surface area contributed by atoms with Crippen LogP contribution in [0, 0.1) is 18.8 Å². The summed E-state index contributed by atoms with van der Waals surface area (Å²) in [6.07, 6.45) is 1.22. The number of benzene rings is 1. The Hall–Kier alpha value is -1.64. The number of sulfonamides is 1. The largest absolute Gasteiger partial charge is 0.302 e. The van der Waals surface area contributed by atoms with Crippen molar-refractivity contribution in [3.8, 4) is 11.8 Å². The van der Waals surface area contributed by atoms with Crippen molar-refractivity contribution in [2.24, 2.45) is 0 Å². The molecule has 0 aromatic heterocycles. The third-order valence-corrected chi connectivity index (χ3v) is 4.32. The summed E-state index contributed by atoms with van der Waals surface area (Å²) in [5, 5.41) is 0. The van der Waals surface area contributed by atoms with Gasteiger partial charge in [0.2, 0.25) is 10.0 Å². The second-order valence-corrected chi connectivity index (χ2v) is 5.92. The first kappa shape index (κ1) is 15.4. The maximum Gasteiger partial charge on any atom is 0.244 e. The highest BCUT2D eigenvalue weighted by Gasteiger charge is 2.22. The standard InChI is InChI=1S/C14H17NO3S/c1-3-4-5-10-15(11-12-16)19(17,18)14-8-6-13(2)7-9-14/h6-9,12H,3,10-11H2,1-2H3. The van der Waals surface area contributed by atoms with Gasteiger partial charge in [-0.05, 0) is 19.1 Å². The van der Waals surface area contributed by atoms with Gasteiger partial charge in [-0.2, -0.15) is 4.31 Å². The lowest BCUT2D eigenvalue weighted by atomic mass is 10.2. The van der Waals surface area contributed by atoms with Gasteiger partial charge < -0.3 is 4.79 Å². The summed E-state index contributed by atoms with van der Waals surface area (Å²) >= 11 is 0. The average molecular weight is 279 g/mol. The van der Waals surface area contributed by atoms with E-state index in [-0.39, 0.29) is 18.0 Å². The summed E-state index contributed by atoms with van der Waals surface area (Å²) in [5.74, 6) is 5.54. The Morgan fingerprint density at radius 2 is 1.84 bits per heavy atom. The van der Waals surface area contributed by atoms with E-state index in [9.17, 15) is 13.2 Å². The molecular weight excluding hydrogens is 262 g/mol. The molecule has 0 saturated heterocycles. The zero-order valence-corrected chi connectivity index (χ0v) is 11.9. The first-order valence-corrected chi connectivity index (χ1v) is 7.42. The molecule has 5 heteroatoms. The molecule has 1 aromatic carbocycles. The van der Waals surface area contributed by atoms with E-state index in [0.29, 0.717) is 12.7 Å². The van der Waals surface area contributed by atoms with Crippen molar-refractivity contribution in [1.82, 2.24) is 4.31 Å². The van der Waals surface area contributed by atoms with Crippen LogP contribution in [0.3, 0.4) is 0 Å². The fraction of sp³-hybridized carbons (Fsp3) is 0.357. The molecule has 0 amide bonds. The van der Waals surface area contributed by atoms with Gasteiger partial charge in [0, 0.05) is 6.42 Å². The van der Waals surface area contributed by atoms with Crippen molar-refractivity contribution in [2.75, 3.05) is 13.1 Å². The first-order chi connectivity index (χ1) is 9.02. The van der Waals surface area contributed by atoms with Gasteiger partial charge >= 0.3 is 0 Å². The van der Waals surface area contributed by atoms with E-state index in [2.05, 4.69) is 11.8 Å². The molecule has 1 rings (SSSR count). The molecule has 0 fully saturated rings. The van der Waals surface area contributed by atoms with Gasteiger partial charge in [-0.3, -0.25) is 0 Å². The Balaban J connectivity index is 3.04. The molecule has 0 aliphatic carbocycles. The third kappa shape index (κ3) is 4.19. The van der Waals surface area contributed by atoms with E-state index >= 15 is 0 Å². The Morgan fingerprint density at radius 3 is 2.37 bits per heavy atom. The highest BCUT2D eigenvalue weighted by atomic mass is 32.2. The molecule has 0 unspecified atom stereocenters. The van der Waals surface area contributed by atoms with Crippen molar-refractivity contribution in [2.45, 2.75) is 25.2 Å². The molecule has 0 aliphatic heterocycles. The third-order valence-electron chi connectivity index (χ3n) is 2.49. The number of carbonyl (C=O) groups is 1. The van der Waals surface area contributed by atoms with E-state index in [1.807, 2.05) is 13.8 Å². The minimum Gasteiger partial charge on any atom is -0.302 e. The van der Waals surface area contributed by atoms with E-state index in [1.165, 1.54) is 12.1 Å². The summed E-state index contributed by atoms with van der Waals surface area (Å²) in [6, 6.07) is 6.53. The topological polar surface area (TPSA) is 54.5 Å². The van der Waals surface area contributed by atoms with Crippen LogP contribution in [0.25, 0.3) is 0 Å². The van der Waals surface area contributed by atoms with Gasteiger partial charge in [-0.1, -0.05) is 30.5 Å². The molecule has 19 heavy (non-hydrogen) atoms. The van der Waals surface area contributed by atoms with Crippen molar-refractivity contribution in [3.05, 3.63) is 29.8 Å². The number of rotatable bonds is 5. The molecular formula is C14H17NO3S. The number of aldehydes is 1. The summed E-state index contributed by atoms with van der Waals surface area (Å²) < 4.78 is 25.7. The lowest BCUT2D eigenvalue weighted by Crippen LogP contribution is -2.33. The molecule has 0 heterocycles. The second-order valence-electron chi connectivity index (χ2n) is 3.98. The number of nitrogens with zero attached hydrogens (tertiary/aromatic N) is 1. The van der Waals surface area contributed by atoms with Crippen LogP contribution in [0.4, 0.5) is 0 Å². The van der Waals surface area contributed by atoms with Crippen molar-refractivity contribution in [3.63, 3.8) is 0 Å². The summed E-state index contributed by atoms with van der Waals surface area (Å²) in [6.45, 7) is 3.61. The Kier molecular flexibility index (Phi) is 5.74. The first-order valence-electron chi connectivity index (χ1n) is 5.98. The lowest BCUT2D eigenvalue weighted by Gasteiger charge is -2.17. The van der Waals surface area contributed by atoms with Crippen molar-refractivity contribution in [1.29, 1.82) is 0 Å². The number of aryl methyl sites for hydroxylation is 1. The maximum atomic E-state index is 12.3. The molecule has 0 aliphatic rings. The normalized spacial score (nSPS) is 10.9. The molecule has 0 N–H and O–H groups in total. The molecule has 0 spiro atoms. The fourth-order valence-electron chi connectivity index (χ4n) is 1.46. The zero-order chi connectivity index (χ0) is 14.3. The molecule has 0 bridgehead atoms. The van der Waals surface area contributed by atoms with Crippen LogP contribution in [0.5, 0.6) is 0 Å². The molecule has 1 aromatic rings. The van der Waals surface area contributed by atoms with E-state index in [0.717, 1.165) is 9.87 Å². The van der Waals surface area contributed by atoms with E-state index < -0.39 is 10.0 Å². The monoisotopic (exact) mass is 279 g/mol. The van der Waals surface area contributed by atoms with Crippen LogP contribution in [0.2, 0.25) is 0 Å². The van der Waals surface area contributed by atoms with Gasteiger partial charge in [0.15, 0.2) is 0 Å². The molecule has 4 nitrogen and oxygen atoms in total. The molecule has 0 saturated carbocycles. The Labute approximate surface area is 114 Å². The second kappa shape index (κ2) is 7.07. The molecule has 0 radical (unpaired) electrons. The number of hydrogen-bond donors (Lipinski definition) is 0. The van der Waals surface area contributed by atoms with Crippen LogP contribution in [-0.2, 0) is 14.8 Å². The van der Waals surface area contributed by atoms with Gasteiger partial charge in [0.05, 0.1) is 18.0 Å². The van der Waals surface area contributed by atoms with Crippen LogP contribution in [0.15, 0.2) is 29.2 Å². The van der Waals surface area contributed by atoms with Crippen LogP contribution < -0.4 is 0 Å². The van der Waals surface area contributed by atoms with Gasteiger partial charge in [0.1, 0.15) is 6.29 Å². The summed E-state index contributed by atoms with van der Waals surface area (Å²) in [7, 11) is -3.66. The highest BCUT2D eigenvalue weighted by Crippen LogP contribution is 2.15. The summed E-state index contributed by atoms with van der Waals surface area (Å²) in [4.78, 5) is 10.8. The van der Waals surface area contributed by atoms with Gasteiger partial charge in [-0.25, -0.2) is 8.42 Å². The number of hydrogen-bond acceptors (Lipinski definition) is 3. The lowest BCUT2D eigenvalue weighted by molar-refractivity contribution is -0.108. The van der Waals surface area contributed by atoms with Crippen LogP contribution in [0.1, 0.15) is 18.9 Å². The maximum absolute atomic E-state index is 12.3. The Morgan fingerprint density at radius 1 is 1.21 bits per heavy atom. The van der Waals surface area contributed by atoms with Crippen molar-refractivity contribution < 1.29 is 13.2 Å². The van der Waals surface area contributed by atoms with Crippen molar-refractivity contribution >= 4 is 16.3 Å². The highest BCUT2D eigenvalue weighted by molar-refractivity contribution is 7.89. The molecule has 0 atom stereocenters. The van der Waals surface area contributed by atoms with Gasteiger partial charge in [-0.15, -0.1) is 5.92 Å². The van der Waals surface area contributed by atoms with E-state index in [4.69, 9.17) is 0 Å². The minimum absolute atomic E-state index is 0.0305. The molecule has 102 valence electrons. The number of carbonyl (C=O) groups excluding carboxylic acids is 1. The Bertz CT molecular complexity index is 579. The predicted molar refractivity (Wildman–Crippen MR) is 74.1 cm³/mol. The smallest absolute Gasteiger partial charge is 0.244 e. The average Bonchev–Trinajstić information content (AvgIpc) is 2.38. The quantitative estimate of drug-likeness (QED) is 0.607. The van der Waals surface area contributed by atoms with Crippen LogP contribution >= 0.6 is 0 Å². The van der Waals surface area contributed by atoms with Gasteiger partial charge in [0.25, 0.3) is 0 Å². The SMILES string of the molecule is CCC#CCN(CC=O)S(=O)(=O)c1ccc(C)cc1.